The highest BCUT2D eigenvalue weighted by atomic mass is 19.1. The second-order valence-electron chi connectivity index (χ2n) is 3.37. The lowest BCUT2D eigenvalue weighted by atomic mass is 10.1. The van der Waals surface area contributed by atoms with E-state index in [1.807, 2.05) is 12.1 Å². The molecule has 0 atom stereocenters. The number of rotatable bonds is 5. The molecular formula is C11H17FN2. The van der Waals surface area contributed by atoms with E-state index in [9.17, 15) is 4.39 Å². The fraction of sp³-hybridized carbons (Fsp3) is 0.455. The van der Waals surface area contributed by atoms with E-state index in [4.69, 9.17) is 5.73 Å². The minimum Gasteiger partial charge on any atom is -0.329 e. The summed E-state index contributed by atoms with van der Waals surface area (Å²) in [7, 11) is 0. The Bertz CT molecular complexity index is 287. The predicted molar refractivity (Wildman–Crippen MR) is 56.8 cm³/mol. The van der Waals surface area contributed by atoms with Gasteiger partial charge in [-0.1, -0.05) is 12.1 Å². The molecule has 0 heterocycles. The molecule has 1 aromatic rings. The molecule has 1 aromatic carbocycles. The van der Waals surface area contributed by atoms with Gasteiger partial charge in [0.25, 0.3) is 0 Å². The van der Waals surface area contributed by atoms with Crippen molar-refractivity contribution in [3.05, 3.63) is 35.1 Å². The minimum absolute atomic E-state index is 0.135. The van der Waals surface area contributed by atoms with E-state index in [-0.39, 0.29) is 5.82 Å². The molecule has 0 spiro atoms. The molecule has 0 amide bonds. The Morgan fingerprint density at radius 2 is 2.14 bits per heavy atom. The molecule has 14 heavy (non-hydrogen) atoms. The second-order valence-corrected chi connectivity index (χ2v) is 3.37. The number of nitrogens with two attached hydrogens (primary N) is 1. The third-order valence-electron chi connectivity index (χ3n) is 2.13. The van der Waals surface area contributed by atoms with Crippen molar-refractivity contribution in [2.24, 2.45) is 5.73 Å². The van der Waals surface area contributed by atoms with Crippen molar-refractivity contribution >= 4 is 0 Å². The molecule has 0 aromatic heterocycles. The first-order chi connectivity index (χ1) is 6.74. The topological polar surface area (TPSA) is 38.0 Å². The van der Waals surface area contributed by atoms with Crippen LogP contribution < -0.4 is 11.1 Å². The molecule has 0 aliphatic rings. The zero-order valence-electron chi connectivity index (χ0n) is 8.52. The average molecular weight is 196 g/mol. The summed E-state index contributed by atoms with van der Waals surface area (Å²) in [6.07, 6.45) is 0.918. The van der Waals surface area contributed by atoms with Gasteiger partial charge in [-0.15, -0.1) is 0 Å². The number of aryl methyl sites for hydroxylation is 1. The average Bonchev–Trinajstić information content (AvgIpc) is 2.18. The number of benzene rings is 1. The standard InChI is InChI=1S/C11H17FN2/c1-9-8-10(2-3-11(9)12)4-6-14-7-5-13/h2-3,8,14H,4-7,13H2,1H3. The van der Waals surface area contributed by atoms with Crippen LogP contribution in [-0.4, -0.2) is 19.6 Å². The maximum absolute atomic E-state index is 12.9. The summed E-state index contributed by atoms with van der Waals surface area (Å²) in [5.41, 5.74) is 7.21. The summed E-state index contributed by atoms with van der Waals surface area (Å²) < 4.78 is 12.9. The number of nitrogens with one attached hydrogen (secondary N) is 1. The fourth-order valence-corrected chi connectivity index (χ4v) is 1.32. The molecule has 78 valence electrons. The monoisotopic (exact) mass is 196 g/mol. The third kappa shape index (κ3) is 3.44. The van der Waals surface area contributed by atoms with Crippen LogP contribution in [0.2, 0.25) is 0 Å². The number of hydrogen-bond acceptors (Lipinski definition) is 2. The zero-order chi connectivity index (χ0) is 10.4. The van der Waals surface area contributed by atoms with Gasteiger partial charge in [-0.3, -0.25) is 0 Å². The summed E-state index contributed by atoms with van der Waals surface area (Å²) in [6, 6.07) is 5.24. The number of halogens is 1. The van der Waals surface area contributed by atoms with E-state index in [0.717, 1.165) is 25.1 Å². The highest BCUT2D eigenvalue weighted by Gasteiger charge is 1.98. The smallest absolute Gasteiger partial charge is 0.126 e. The van der Waals surface area contributed by atoms with Gasteiger partial charge < -0.3 is 11.1 Å². The molecule has 0 saturated heterocycles. The molecule has 3 N–H and O–H groups in total. The van der Waals surface area contributed by atoms with Crippen LogP contribution in [0.15, 0.2) is 18.2 Å². The molecule has 2 nitrogen and oxygen atoms in total. The van der Waals surface area contributed by atoms with Crippen LogP contribution in [-0.2, 0) is 6.42 Å². The van der Waals surface area contributed by atoms with E-state index in [2.05, 4.69) is 5.32 Å². The van der Waals surface area contributed by atoms with Gasteiger partial charge in [0, 0.05) is 13.1 Å². The molecule has 0 unspecified atom stereocenters. The fourth-order valence-electron chi connectivity index (χ4n) is 1.32. The Balaban J connectivity index is 2.39. The van der Waals surface area contributed by atoms with Gasteiger partial charge in [-0.05, 0) is 37.1 Å². The van der Waals surface area contributed by atoms with Gasteiger partial charge in [-0.2, -0.15) is 0 Å². The highest BCUT2D eigenvalue weighted by molar-refractivity contribution is 5.24. The van der Waals surface area contributed by atoms with E-state index in [1.165, 1.54) is 6.07 Å². The van der Waals surface area contributed by atoms with Crippen molar-refractivity contribution in [2.45, 2.75) is 13.3 Å². The van der Waals surface area contributed by atoms with Crippen LogP contribution in [0, 0.1) is 12.7 Å². The van der Waals surface area contributed by atoms with Crippen LogP contribution in [0.3, 0.4) is 0 Å². The zero-order valence-corrected chi connectivity index (χ0v) is 8.52. The van der Waals surface area contributed by atoms with Gasteiger partial charge in [0.05, 0.1) is 0 Å². The maximum Gasteiger partial charge on any atom is 0.126 e. The van der Waals surface area contributed by atoms with E-state index >= 15 is 0 Å². The summed E-state index contributed by atoms with van der Waals surface area (Å²) in [5.74, 6) is -0.135. The highest BCUT2D eigenvalue weighted by Crippen LogP contribution is 2.09. The predicted octanol–water partition coefficient (Wildman–Crippen LogP) is 1.22. The van der Waals surface area contributed by atoms with Gasteiger partial charge >= 0.3 is 0 Å². The van der Waals surface area contributed by atoms with Crippen molar-refractivity contribution < 1.29 is 4.39 Å². The lowest BCUT2D eigenvalue weighted by Crippen LogP contribution is -2.24. The molecule has 1 rings (SSSR count). The maximum atomic E-state index is 12.9. The van der Waals surface area contributed by atoms with Crippen LogP contribution in [0.25, 0.3) is 0 Å². The largest absolute Gasteiger partial charge is 0.329 e. The van der Waals surface area contributed by atoms with Gasteiger partial charge in [0.15, 0.2) is 0 Å². The summed E-state index contributed by atoms with van der Waals surface area (Å²) in [4.78, 5) is 0. The first-order valence-electron chi connectivity index (χ1n) is 4.90. The lowest BCUT2D eigenvalue weighted by molar-refractivity contribution is 0.616. The van der Waals surface area contributed by atoms with Crippen LogP contribution in [0.4, 0.5) is 4.39 Å². The van der Waals surface area contributed by atoms with Crippen LogP contribution in [0.5, 0.6) is 0 Å². The molecule has 0 aliphatic carbocycles. The molecule has 3 heteroatoms. The summed E-state index contributed by atoms with van der Waals surface area (Å²) in [5, 5.41) is 3.20. The number of hydrogen-bond donors (Lipinski definition) is 2. The Kier molecular flexibility index (Phi) is 4.56. The second kappa shape index (κ2) is 5.73. The van der Waals surface area contributed by atoms with E-state index in [1.54, 1.807) is 6.92 Å². The van der Waals surface area contributed by atoms with Crippen molar-refractivity contribution in [1.29, 1.82) is 0 Å². The third-order valence-corrected chi connectivity index (χ3v) is 2.13. The minimum atomic E-state index is -0.135. The first kappa shape index (κ1) is 11.1. The Morgan fingerprint density at radius 1 is 1.36 bits per heavy atom. The van der Waals surface area contributed by atoms with Gasteiger partial charge in [0.2, 0.25) is 0 Å². The van der Waals surface area contributed by atoms with Gasteiger partial charge in [0.1, 0.15) is 5.82 Å². The van der Waals surface area contributed by atoms with Crippen LogP contribution >= 0.6 is 0 Å². The SMILES string of the molecule is Cc1cc(CCNCCN)ccc1F. The molecule has 0 radical (unpaired) electrons. The van der Waals surface area contributed by atoms with Crippen molar-refractivity contribution in [2.75, 3.05) is 19.6 Å². The van der Waals surface area contributed by atoms with E-state index < -0.39 is 0 Å². The lowest BCUT2D eigenvalue weighted by Gasteiger charge is -2.04. The summed E-state index contributed by atoms with van der Waals surface area (Å²) >= 11 is 0. The van der Waals surface area contributed by atoms with Gasteiger partial charge in [-0.25, -0.2) is 4.39 Å². The van der Waals surface area contributed by atoms with Crippen molar-refractivity contribution in [3.8, 4) is 0 Å². The first-order valence-corrected chi connectivity index (χ1v) is 4.90. The molecule has 0 aliphatic heterocycles. The van der Waals surface area contributed by atoms with Crippen LogP contribution in [0.1, 0.15) is 11.1 Å². The quantitative estimate of drug-likeness (QED) is 0.695. The van der Waals surface area contributed by atoms with Crippen molar-refractivity contribution in [3.63, 3.8) is 0 Å². The molecular weight excluding hydrogens is 179 g/mol. The Hall–Kier alpha value is -0.930. The molecule has 0 saturated carbocycles. The Labute approximate surface area is 84.3 Å². The molecule has 0 fully saturated rings. The summed E-state index contributed by atoms with van der Waals surface area (Å²) in [6.45, 7) is 4.16. The van der Waals surface area contributed by atoms with E-state index in [0.29, 0.717) is 12.1 Å². The molecule has 0 bridgehead atoms. The normalized spacial score (nSPS) is 10.5. The Morgan fingerprint density at radius 3 is 2.79 bits per heavy atom. The van der Waals surface area contributed by atoms with Crippen molar-refractivity contribution in [1.82, 2.24) is 5.32 Å².